The van der Waals surface area contributed by atoms with Crippen LogP contribution in [0.3, 0.4) is 0 Å². The second kappa shape index (κ2) is 6.95. The minimum Gasteiger partial charge on any atom is -0.394 e. The molecule has 3 fully saturated rings. The highest BCUT2D eigenvalue weighted by molar-refractivity contribution is 5.89. The molecule has 1 aliphatic carbocycles. The van der Waals surface area contributed by atoms with Crippen molar-refractivity contribution in [3.63, 3.8) is 0 Å². The SMILES string of the molecule is O=C(C1CC1)N1CC(=O)N2[C@H](CO)[C@H](c3ccc(-c4ccccc4F)cc3)[C@H]2C1. The first kappa shape index (κ1) is 18.3. The summed E-state index contributed by atoms with van der Waals surface area (Å²) in [5.41, 5.74) is 2.33. The fourth-order valence-electron chi connectivity index (χ4n) is 4.84. The van der Waals surface area contributed by atoms with Crippen molar-refractivity contribution < 1.29 is 19.1 Å². The third-order valence-electron chi connectivity index (χ3n) is 6.47. The lowest BCUT2D eigenvalue weighted by molar-refractivity contribution is -0.167. The van der Waals surface area contributed by atoms with Crippen LogP contribution in [-0.4, -0.2) is 58.5 Å². The van der Waals surface area contributed by atoms with Crippen LogP contribution in [0.4, 0.5) is 4.39 Å². The van der Waals surface area contributed by atoms with Gasteiger partial charge in [-0.25, -0.2) is 4.39 Å². The molecule has 3 atom stereocenters. The number of nitrogens with zero attached hydrogens (tertiary/aromatic N) is 2. The van der Waals surface area contributed by atoms with Crippen molar-refractivity contribution in [2.75, 3.05) is 19.7 Å². The van der Waals surface area contributed by atoms with Crippen LogP contribution in [0.15, 0.2) is 48.5 Å². The van der Waals surface area contributed by atoms with Crippen molar-refractivity contribution >= 4 is 11.8 Å². The van der Waals surface area contributed by atoms with Gasteiger partial charge in [-0.05, 0) is 30.0 Å². The van der Waals surface area contributed by atoms with Gasteiger partial charge < -0.3 is 14.9 Å². The molecule has 6 heteroatoms. The van der Waals surface area contributed by atoms with Crippen molar-refractivity contribution in [2.45, 2.75) is 30.8 Å². The van der Waals surface area contributed by atoms with Crippen LogP contribution in [0, 0.1) is 11.7 Å². The van der Waals surface area contributed by atoms with Gasteiger partial charge in [0.1, 0.15) is 5.82 Å². The average Bonchev–Trinajstić information content (AvgIpc) is 3.55. The van der Waals surface area contributed by atoms with Crippen molar-refractivity contribution in [1.29, 1.82) is 0 Å². The largest absolute Gasteiger partial charge is 0.394 e. The zero-order chi connectivity index (χ0) is 20.1. The van der Waals surface area contributed by atoms with Gasteiger partial charge in [-0.15, -0.1) is 0 Å². The van der Waals surface area contributed by atoms with Gasteiger partial charge >= 0.3 is 0 Å². The van der Waals surface area contributed by atoms with Crippen LogP contribution in [0.2, 0.25) is 0 Å². The van der Waals surface area contributed by atoms with Gasteiger partial charge in [-0.1, -0.05) is 42.5 Å². The smallest absolute Gasteiger partial charge is 0.242 e. The maximum Gasteiger partial charge on any atom is 0.242 e. The summed E-state index contributed by atoms with van der Waals surface area (Å²) in [7, 11) is 0. The minimum atomic E-state index is -0.273. The molecule has 0 bridgehead atoms. The summed E-state index contributed by atoms with van der Waals surface area (Å²) in [6.45, 7) is 0.511. The molecule has 5 nitrogen and oxygen atoms in total. The number of hydrogen-bond acceptors (Lipinski definition) is 3. The quantitative estimate of drug-likeness (QED) is 0.866. The summed E-state index contributed by atoms with van der Waals surface area (Å²) >= 11 is 0. The molecular weight excluding hydrogens is 371 g/mol. The zero-order valence-corrected chi connectivity index (χ0v) is 16.0. The Morgan fingerprint density at radius 2 is 1.83 bits per heavy atom. The third kappa shape index (κ3) is 3.02. The number of aliphatic hydroxyl groups excluding tert-OH is 1. The van der Waals surface area contributed by atoms with E-state index in [-0.39, 0.29) is 54.7 Å². The summed E-state index contributed by atoms with van der Waals surface area (Å²) in [5, 5.41) is 9.89. The fraction of sp³-hybridized carbons (Fsp3) is 0.391. The molecule has 0 aromatic heterocycles. The molecular formula is C23H23FN2O3. The number of carbonyl (C=O) groups is 2. The van der Waals surface area contributed by atoms with Gasteiger partial charge in [0.25, 0.3) is 0 Å². The summed E-state index contributed by atoms with van der Waals surface area (Å²) in [4.78, 5) is 28.5. The lowest BCUT2D eigenvalue weighted by atomic mass is 9.73. The highest BCUT2D eigenvalue weighted by Crippen LogP contribution is 2.44. The number of fused-ring (bicyclic) bond motifs is 1. The third-order valence-corrected chi connectivity index (χ3v) is 6.47. The highest BCUT2D eigenvalue weighted by atomic mass is 19.1. The van der Waals surface area contributed by atoms with E-state index in [1.807, 2.05) is 24.3 Å². The number of carbonyl (C=O) groups excluding carboxylic acids is 2. The topological polar surface area (TPSA) is 60.9 Å². The summed E-state index contributed by atoms with van der Waals surface area (Å²) in [6, 6.07) is 13.9. The number of benzene rings is 2. The van der Waals surface area contributed by atoms with Crippen molar-refractivity contribution in [3.8, 4) is 11.1 Å². The molecule has 2 aromatic rings. The fourth-order valence-corrected chi connectivity index (χ4v) is 4.84. The molecule has 3 aliphatic rings. The average molecular weight is 394 g/mol. The molecule has 2 saturated heterocycles. The van der Waals surface area contributed by atoms with Gasteiger partial charge in [0, 0.05) is 23.9 Å². The molecule has 2 aromatic carbocycles. The summed E-state index contributed by atoms with van der Waals surface area (Å²) in [5.74, 6) is -0.224. The Morgan fingerprint density at radius 3 is 2.48 bits per heavy atom. The number of amides is 2. The van der Waals surface area contributed by atoms with E-state index in [0.717, 1.165) is 24.0 Å². The molecule has 0 spiro atoms. The molecule has 0 unspecified atom stereocenters. The van der Waals surface area contributed by atoms with E-state index in [2.05, 4.69) is 0 Å². The van der Waals surface area contributed by atoms with Crippen molar-refractivity contribution in [1.82, 2.24) is 9.80 Å². The molecule has 5 rings (SSSR count). The second-order valence-corrected chi connectivity index (χ2v) is 8.24. The minimum absolute atomic E-state index is 0.0339. The number of aliphatic hydroxyl groups is 1. The summed E-state index contributed by atoms with van der Waals surface area (Å²) < 4.78 is 14.1. The van der Waals surface area contributed by atoms with Gasteiger partial charge in [0.05, 0.1) is 25.2 Å². The molecule has 0 radical (unpaired) electrons. The monoisotopic (exact) mass is 394 g/mol. The van der Waals surface area contributed by atoms with E-state index in [4.69, 9.17) is 0 Å². The Hall–Kier alpha value is -2.73. The molecule has 2 heterocycles. The lowest BCUT2D eigenvalue weighted by Gasteiger charge is -2.58. The predicted octanol–water partition coefficient (Wildman–Crippen LogP) is 2.40. The number of hydrogen-bond donors (Lipinski definition) is 1. The van der Waals surface area contributed by atoms with Gasteiger partial charge in [-0.2, -0.15) is 0 Å². The maximum absolute atomic E-state index is 14.1. The van der Waals surface area contributed by atoms with Crippen molar-refractivity contribution in [2.24, 2.45) is 5.92 Å². The second-order valence-electron chi connectivity index (χ2n) is 8.24. The van der Waals surface area contributed by atoms with Crippen LogP contribution in [-0.2, 0) is 9.59 Å². The first-order chi connectivity index (χ1) is 14.1. The van der Waals surface area contributed by atoms with Gasteiger partial charge in [-0.3, -0.25) is 9.59 Å². The van der Waals surface area contributed by atoms with Crippen LogP contribution >= 0.6 is 0 Å². The Labute approximate surface area is 168 Å². The first-order valence-corrected chi connectivity index (χ1v) is 10.1. The first-order valence-electron chi connectivity index (χ1n) is 10.1. The van der Waals surface area contributed by atoms with Gasteiger partial charge in [0.2, 0.25) is 11.8 Å². The number of piperazine rings is 1. The van der Waals surface area contributed by atoms with E-state index in [9.17, 15) is 19.1 Å². The van der Waals surface area contributed by atoms with Crippen LogP contribution in [0.1, 0.15) is 24.3 Å². The van der Waals surface area contributed by atoms with E-state index in [1.54, 1.807) is 28.0 Å². The molecule has 2 amide bonds. The maximum atomic E-state index is 14.1. The molecule has 2 aliphatic heterocycles. The van der Waals surface area contributed by atoms with E-state index >= 15 is 0 Å². The van der Waals surface area contributed by atoms with Crippen LogP contribution in [0.25, 0.3) is 11.1 Å². The van der Waals surface area contributed by atoms with Gasteiger partial charge in [0.15, 0.2) is 0 Å². The Balaban J connectivity index is 1.40. The highest BCUT2D eigenvalue weighted by Gasteiger charge is 2.55. The molecule has 29 heavy (non-hydrogen) atoms. The summed E-state index contributed by atoms with van der Waals surface area (Å²) in [6.07, 6.45) is 1.83. The Morgan fingerprint density at radius 1 is 1.10 bits per heavy atom. The van der Waals surface area contributed by atoms with E-state index in [1.165, 1.54) is 6.07 Å². The normalized spacial score (nSPS) is 26.1. The lowest BCUT2D eigenvalue weighted by Crippen LogP contribution is -2.73. The molecule has 150 valence electrons. The van der Waals surface area contributed by atoms with Crippen molar-refractivity contribution in [3.05, 3.63) is 59.9 Å². The molecule has 1 saturated carbocycles. The molecule has 1 N–H and O–H groups in total. The zero-order valence-electron chi connectivity index (χ0n) is 16.0. The van der Waals surface area contributed by atoms with E-state index in [0.29, 0.717) is 12.1 Å². The standard InChI is InChI=1S/C23H23FN2O3/c24-18-4-2-1-3-17(18)14-5-7-15(8-6-14)22-19-11-25(23(29)16-9-10-16)12-21(28)26(19)20(22)13-27/h1-8,16,19-20,22,27H,9-13H2/t19-,20-,22-/m1/s1. The number of halogens is 1. The van der Waals surface area contributed by atoms with Crippen LogP contribution in [0.5, 0.6) is 0 Å². The Bertz CT molecular complexity index is 957. The van der Waals surface area contributed by atoms with Crippen LogP contribution < -0.4 is 0 Å². The predicted molar refractivity (Wildman–Crippen MR) is 105 cm³/mol. The number of rotatable bonds is 4. The van der Waals surface area contributed by atoms with E-state index < -0.39 is 0 Å². The Kier molecular flexibility index (Phi) is 4.39.